The molecule has 0 bridgehead atoms. The van der Waals surface area contributed by atoms with Crippen LogP contribution in [-0.4, -0.2) is 74.6 Å². The minimum absolute atomic E-state index is 0.138. The number of aromatic nitrogens is 2. The van der Waals surface area contributed by atoms with Crippen LogP contribution >= 0.6 is 11.3 Å². The summed E-state index contributed by atoms with van der Waals surface area (Å²) in [6.07, 6.45) is 8.43. The number of thiophene rings is 1. The molecule has 2 atom stereocenters. The van der Waals surface area contributed by atoms with Crippen LogP contribution in [0.3, 0.4) is 0 Å². The Hall–Kier alpha value is -4.52. The van der Waals surface area contributed by atoms with Crippen LogP contribution in [0, 0.1) is 0 Å². The fourth-order valence-electron chi connectivity index (χ4n) is 4.86. The summed E-state index contributed by atoms with van der Waals surface area (Å²) >= 11 is 1.52. The van der Waals surface area contributed by atoms with E-state index in [2.05, 4.69) is 27.5 Å². The van der Waals surface area contributed by atoms with Crippen molar-refractivity contribution in [1.82, 2.24) is 25.5 Å². The number of carbonyl (C=O) groups excluding carboxylic acids is 3. The lowest BCUT2D eigenvalue weighted by Gasteiger charge is -2.26. The highest BCUT2D eigenvalue weighted by molar-refractivity contribution is 7.13. The molecule has 4 rings (SSSR count). The van der Waals surface area contributed by atoms with Crippen LogP contribution in [0.1, 0.15) is 72.6 Å². The van der Waals surface area contributed by atoms with Crippen LogP contribution in [0.2, 0.25) is 0 Å². The topological polar surface area (TPSA) is 171 Å². The number of ether oxygens (including phenoxy) is 1. The molecule has 3 heterocycles. The number of nitrogens with zero attached hydrogens (tertiary/aromatic N) is 2. The zero-order valence-corrected chi connectivity index (χ0v) is 28.2. The summed E-state index contributed by atoms with van der Waals surface area (Å²) in [4.78, 5) is 69.8. The molecule has 2 aromatic heterocycles. The van der Waals surface area contributed by atoms with Crippen LogP contribution in [0.5, 0.6) is 0 Å². The van der Waals surface area contributed by atoms with Crippen LogP contribution in [0.25, 0.3) is 21.6 Å². The predicted octanol–water partition coefficient (Wildman–Crippen LogP) is 5.25. The van der Waals surface area contributed by atoms with E-state index in [-0.39, 0.29) is 18.5 Å². The van der Waals surface area contributed by atoms with Gasteiger partial charge in [0.2, 0.25) is 11.8 Å². The maximum absolute atomic E-state index is 12.7. The number of carbonyl (C=O) groups is 4. The van der Waals surface area contributed by atoms with Crippen molar-refractivity contribution in [3.8, 4) is 10.6 Å². The first-order valence-electron chi connectivity index (χ1n) is 15.9. The number of carboxylic acids is 1. The molecule has 1 aliphatic heterocycles. The van der Waals surface area contributed by atoms with Crippen molar-refractivity contribution in [3.05, 3.63) is 64.3 Å². The SMILES string of the molecule is CCCCC/C=C\CC(NC(=O)C1CCCN1C(=O)CNC(=O)OC(C)(C)C)C(=O)O.O=c1[nH]c2ccccc2nc1-c1cccs1. The molecule has 0 radical (unpaired) electrons. The number of amides is 3. The Morgan fingerprint density at radius 2 is 1.91 bits per heavy atom. The largest absolute Gasteiger partial charge is 0.480 e. The summed E-state index contributed by atoms with van der Waals surface area (Å²) in [5.41, 5.74) is 1.26. The van der Waals surface area contributed by atoms with E-state index in [0.717, 1.165) is 41.6 Å². The monoisotopic (exact) mass is 667 g/mol. The molecule has 47 heavy (non-hydrogen) atoms. The number of carboxylic acid groups (broad SMARTS) is 1. The minimum atomic E-state index is -1.12. The lowest BCUT2D eigenvalue weighted by molar-refractivity contribution is -0.143. The summed E-state index contributed by atoms with van der Waals surface area (Å²) in [7, 11) is 0. The van der Waals surface area contributed by atoms with Crippen molar-refractivity contribution in [3.63, 3.8) is 0 Å². The molecule has 3 aromatic rings. The first-order chi connectivity index (χ1) is 22.4. The van der Waals surface area contributed by atoms with Crippen molar-refractivity contribution in [1.29, 1.82) is 0 Å². The Bertz CT molecular complexity index is 1580. The number of unbranched alkanes of at least 4 members (excludes halogenated alkanes) is 3. The van der Waals surface area contributed by atoms with Crippen LogP contribution in [0.4, 0.5) is 4.79 Å². The van der Waals surface area contributed by atoms with Gasteiger partial charge in [0.25, 0.3) is 5.56 Å². The van der Waals surface area contributed by atoms with E-state index in [9.17, 15) is 29.1 Å². The highest BCUT2D eigenvalue weighted by Crippen LogP contribution is 2.21. The molecule has 1 aromatic carbocycles. The molecule has 12 nitrogen and oxygen atoms in total. The minimum Gasteiger partial charge on any atom is -0.480 e. The quantitative estimate of drug-likeness (QED) is 0.150. The van der Waals surface area contributed by atoms with E-state index in [0.29, 0.717) is 25.1 Å². The number of fused-ring (bicyclic) bond motifs is 1. The van der Waals surface area contributed by atoms with Gasteiger partial charge >= 0.3 is 12.1 Å². The first kappa shape index (κ1) is 36.9. The molecule has 1 fully saturated rings. The number of hydrogen-bond acceptors (Lipinski definition) is 8. The fraction of sp³-hybridized carbons (Fsp3) is 0.471. The summed E-state index contributed by atoms with van der Waals surface area (Å²) in [6.45, 7) is 7.35. The van der Waals surface area contributed by atoms with Crippen molar-refractivity contribution in [2.45, 2.75) is 90.3 Å². The van der Waals surface area contributed by atoms with Gasteiger partial charge in [-0.3, -0.25) is 14.4 Å². The van der Waals surface area contributed by atoms with Gasteiger partial charge in [0.1, 0.15) is 29.9 Å². The van der Waals surface area contributed by atoms with Gasteiger partial charge in [0.15, 0.2) is 0 Å². The zero-order chi connectivity index (χ0) is 34.4. The van der Waals surface area contributed by atoms with Gasteiger partial charge < -0.3 is 30.4 Å². The van der Waals surface area contributed by atoms with Crippen molar-refractivity contribution < 1.29 is 29.0 Å². The molecule has 1 aliphatic rings. The third-order valence-electron chi connectivity index (χ3n) is 7.14. The van der Waals surface area contributed by atoms with E-state index < -0.39 is 41.6 Å². The molecule has 3 amide bonds. The summed E-state index contributed by atoms with van der Waals surface area (Å²) in [6, 6.07) is 9.55. The third-order valence-corrected chi connectivity index (χ3v) is 8.02. The number of alkyl carbamates (subject to hydrolysis) is 1. The normalized spacial score (nSPS) is 15.1. The van der Waals surface area contributed by atoms with E-state index in [1.54, 1.807) is 26.8 Å². The molecule has 1 saturated heterocycles. The number of aromatic amines is 1. The second kappa shape index (κ2) is 18.0. The third kappa shape index (κ3) is 12.0. The summed E-state index contributed by atoms with van der Waals surface area (Å²) < 4.78 is 5.10. The van der Waals surface area contributed by atoms with Gasteiger partial charge in [-0.25, -0.2) is 14.6 Å². The molecule has 0 spiro atoms. The van der Waals surface area contributed by atoms with Gasteiger partial charge in [-0.2, -0.15) is 0 Å². The van der Waals surface area contributed by atoms with E-state index >= 15 is 0 Å². The smallest absolute Gasteiger partial charge is 0.408 e. The average molecular weight is 668 g/mol. The second-order valence-electron chi connectivity index (χ2n) is 12.1. The summed E-state index contributed by atoms with van der Waals surface area (Å²) in [5.74, 6) is -2.02. The first-order valence-corrected chi connectivity index (χ1v) is 16.7. The molecule has 254 valence electrons. The Balaban J connectivity index is 0.000000308. The van der Waals surface area contributed by atoms with E-state index in [4.69, 9.17) is 4.74 Å². The highest BCUT2D eigenvalue weighted by atomic mass is 32.1. The Kier molecular flexibility index (Phi) is 14.1. The van der Waals surface area contributed by atoms with Crippen molar-refractivity contribution >= 4 is 46.2 Å². The maximum Gasteiger partial charge on any atom is 0.408 e. The molecule has 2 unspecified atom stereocenters. The van der Waals surface area contributed by atoms with Gasteiger partial charge in [0.05, 0.1) is 15.9 Å². The van der Waals surface area contributed by atoms with Crippen LogP contribution in [-0.2, 0) is 19.1 Å². The number of allylic oxidation sites excluding steroid dienone is 1. The van der Waals surface area contributed by atoms with Crippen LogP contribution < -0.4 is 16.2 Å². The zero-order valence-electron chi connectivity index (χ0n) is 27.4. The number of hydrogen-bond donors (Lipinski definition) is 4. The molecule has 0 aliphatic carbocycles. The number of benzene rings is 1. The second-order valence-corrected chi connectivity index (χ2v) is 13.1. The standard InChI is InChI=1S/C22H37N3O6.C12H8N2OS/c1-5-6-7-8-9-10-12-16(20(28)29)24-19(27)17-13-11-14-25(17)18(26)15-23-21(30)31-22(2,3)4;15-12-11(10-6-3-7-16-10)13-8-4-1-2-5-9(8)14-12/h9-10,16-17H,5-8,11-15H2,1-4H3,(H,23,30)(H,24,27)(H,28,29);1-7H,(H,14,15)/b10-9-;. The van der Waals surface area contributed by atoms with Crippen LogP contribution in [0.15, 0.2) is 58.7 Å². The number of H-pyrrole nitrogens is 1. The molecule has 0 saturated carbocycles. The Morgan fingerprint density at radius 3 is 2.60 bits per heavy atom. The number of likely N-dealkylation sites (tertiary alicyclic amines) is 1. The van der Waals surface area contributed by atoms with Crippen molar-refractivity contribution in [2.24, 2.45) is 0 Å². The molecular weight excluding hydrogens is 622 g/mol. The van der Waals surface area contributed by atoms with Gasteiger partial charge in [-0.1, -0.05) is 50.1 Å². The lowest BCUT2D eigenvalue weighted by Crippen LogP contribution is -2.52. The van der Waals surface area contributed by atoms with Gasteiger partial charge in [-0.15, -0.1) is 11.3 Å². The number of rotatable bonds is 12. The predicted molar refractivity (Wildman–Crippen MR) is 182 cm³/mol. The number of aliphatic carboxylic acids is 1. The average Bonchev–Trinajstić information content (AvgIpc) is 3.73. The Morgan fingerprint density at radius 1 is 1.15 bits per heavy atom. The van der Waals surface area contributed by atoms with E-state index in [1.165, 1.54) is 16.2 Å². The summed E-state index contributed by atoms with van der Waals surface area (Å²) in [5, 5.41) is 16.3. The van der Waals surface area contributed by atoms with Crippen molar-refractivity contribution in [2.75, 3.05) is 13.1 Å². The Labute approximate surface area is 278 Å². The van der Waals surface area contributed by atoms with Gasteiger partial charge in [0, 0.05) is 6.54 Å². The number of para-hydroxylation sites is 2. The fourth-order valence-corrected chi connectivity index (χ4v) is 5.57. The molecular formula is C34H45N5O7S. The highest BCUT2D eigenvalue weighted by Gasteiger charge is 2.35. The van der Waals surface area contributed by atoms with E-state index in [1.807, 2.05) is 47.9 Å². The van der Waals surface area contributed by atoms with Gasteiger partial charge in [-0.05, 0) is 76.5 Å². The number of nitrogens with one attached hydrogen (secondary N) is 3. The molecule has 4 N–H and O–H groups in total. The maximum atomic E-state index is 12.7. The lowest BCUT2D eigenvalue weighted by atomic mass is 10.1. The molecule has 13 heteroatoms.